The van der Waals surface area contributed by atoms with E-state index in [1.165, 1.54) is 15.9 Å². The van der Waals surface area contributed by atoms with E-state index in [2.05, 4.69) is 9.97 Å². The van der Waals surface area contributed by atoms with Gasteiger partial charge in [-0.3, -0.25) is 24.2 Å². The maximum absolute atomic E-state index is 15.9. The molecule has 0 bridgehead atoms. The first kappa shape index (κ1) is 30.1. The second-order valence-corrected chi connectivity index (χ2v) is 12.8. The number of nitrogens with zero attached hydrogens (tertiary/aromatic N) is 4. The van der Waals surface area contributed by atoms with Crippen LogP contribution in [0.15, 0.2) is 30.5 Å². The lowest BCUT2D eigenvalue weighted by Gasteiger charge is -2.26. The molecule has 2 aliphatic carbocycles. The second-order valence-electron chi connectivity index (χ2n) is 11.9. The molecule has 232 valence electrons. The highest BCUT2D eigenvalue weighted by molar-refractivity contribution is 7.14. The number of anilines is 2. The van der Waals surface area contributed by atoms with Crippen molar-refractivity contribution in [1.82, 2.24) is 9.97 Å². The van der Waals surface area contributed by atoms with E-state index in [9.17, 15) is 23.9 Å². The van der Waals surface area contributed by atoms with Crippen LogP contribution in [0.2, 0.25) is 0 Å². The Kier molecular flexibility index (Phi) is 8.61. The van der Waals surface area contributed by atoms with Crippen LogP contribution < -0.4 is 14.5 Å². The van der Waals surface area contributed by atoms with Crippen molar-refractivity contribution in [2.75, 3.05) is 23.7 Å². The van der Waals surface area contributed by atoms with Crippen LogP contribution in [0, 0.1) is 17.0 Å². The molecule has 0 saturated heterocycles. The molecular formula is C32H34F2N4O5S. The monoisotopic (exact) mass is 624 g/mol. The number of fused-ring (bicyclic) bond motifs is 1. The summed E-state index contributed by atoms with van der Waals surface area (Å²) in [4.78, 5) is 50.0. The molecule has 3 aliphatic rings. The number of hydrogen-bond donors (Lipinski definition) is 1. The van der Waals surface area contributed by atoms with Gasteiger partial charge in [0.15, 0.2) is 5.13 Å². The van der Waals surface area contributed by atoms with E-state index in [1.54, 1.807) is 25.4 Å². The minimum atomic E-state index is -1.07. The summed E-state index contributed by atoms with van der Waals surface area (Å²) in [6, 6.07) is 6.53. The topological polar surface area (TPSA) is 113 Å². The van der Waals surface area contributed by atoms with Crippen molar-refractivity contribution in [3.05, 3.63) is 41.2 Å². The molecule has 44 heavy (non-hydrogen) atoms. The molecule has 0 radical (unpaired) electrons. The number of hydrogen-bond acceptors (Lipinski definition) is 7. The van der Waals surface area contributed by atoms with Crippen molar-refractivity contribution in [2.24, 2.45) is 11.8 Å². The van der Waals surface area contributed by atoms with Crippen LogP contribution in [-0.2, 0) is 20.8 Å². The van der Waals surface area contributed by atoms with Crippen molar-refractivity contribution >= 4 is 40.1 Å². The van der Waals surface area contributed by atoms with Crippen LogP contribution in [0.1, 0.15) is 63.4 Å². The standard InChI is InChI=1S/C32H34F2N4O5S/c1-37-26(39)11-6-19-13-21(16-35-30(19)37)24-10-9-23(43-17-33)15-25(24)28-29(34)44-32(36-28)38(22-7-8-22)31(42)20(14-27(40)41)12-18-4-2-3-5-18/h9-10,13,15-16,18,20,22H,2-8,11-12,14,17H2,1H3,(H,40,41)/t20-/m1/s1. The number of thiazole rings is 1. The van der Waals surface area contributed by atoms with Gasteiger partial charge in [-0.2, -0.15) is 4.39 Å². The zero-order valence-electron chi connectivity index (χ0n) is 24.4. The Labute approximate surface area is 257 Å². The fraction of sp³-hybridized carbons (Fsp3) is 0.469. The first-order valence-corrected chi connectivity index (χ1v) is 15.8. The quantitative estimate of drug-likeness (QED) is 0.263. The summed E-state index contributed by atoms with van der Waals surface area (Å²) < 4.78 is 34.1. The number of carbonyl (C=O) groups excluding carboxylic acids is 2. The van der Waals surface area contributed by atoms with E-state index in [1.807, 2.05) is 6.07 Å². The van der Waals surface area contributed by atoms with Crippen molar-refractivity contribution in [2.45, 2.75) is 70.3 Å². The van der Waals surface area contributed by atoms with Gasteiger partial charge in [-0.1, -0.05) is 37.0 Å². The predicted molar refractivity (Wildman–Crippen MR) is 162 cm³/mol. The third kappa shape index (κ3) is 6.17. The normalized spacial score (nSPS) is 17.4. The summed E-state index contributed by atoms with van der Waals surface area (Å²) in [5, 5.41) is 9.17. The van der Waals surface area contributed by atoms with Gasteiger partial charge < -0.3 is 9.84 Å². The number of aromatic nitrogens is 2. The number of amides is 2. The van der Waals surface area contributed by atoms with E-state index in [4.69, 9.17) is 4.74 Å². The summed E-state index contributed by atoms with van der Waals surface area (Å²) in [7, 11) is 1.68. The molecule has 2 aromatic heterocycles. The Morgan fingerprint density at radius 1 is 1.16 bits per heavy atom. The lowest BCUT2D eigenvalue weighted by molar-refractivity contribution is -0.141. The summed E-state index contributed by atoms with van der Waals surface area (Å²) in [5.74, 6) is -1.04. The minimum Gasteiger partial charge on any atom is -0.481 e. The van der Waals surface area contributed by atoms with Crippen LogP contribution in [0.4, 0.5) is 19.7 Å². The second kappa shape index (κ2) is 12.6. The zero-order valence-corrected chi connectivity index (χ0v) is 25.2. The average Bonchev–Trinajstić information content (AvgIpc) is 3.55. The van der Waals surface area contributed by atoms with Crippen LogP contribution in [0.25, 0.3) is 22.4 Å². The molecule has 6 rings (SSSR count). The van der Waals surface area contributed by atoms with Crippen LogP contribution in [0.5, 0.6) is 5.75 Å². The van der Waals surface area contributed by atoms with E-state index >= 15 is 4.39 Å². The Hall–Kier alpha value is -3.93. The Bertz CT molecular complexity index is 1590. The third-order valence-corrected chi connectivity index (χ3v) is 9.66. The number of carboxylic acid groups (broad SMARTS) is 1. The van der Waals surface area contributed by atoms with E-state index in [-0.39, 0.29) is 40.9 Å². The third-order valence-electron chi connectivity index (χ3n) is 8.81. The van der Waals surface area contributed by atoms with Crippen molar-refractivity contribution in [3.8, 4) is 28.1 Å². The molecule has 0 unspecified atom stereocenters. The molecule has 1 atom stereocenters. The zero-order chi connectivity index (χ0) is 31.0. The fourth-order valence-corrected chi connectivity index (χ4v) is 7.33. The number of pyridine rings is 1. The van der Waals surface area contributed by atoms with E-state index < -0.39 is 23.9 Å². The van der Waals surface area contributed by atoms with Crippen LogP contribution in [-0.4, -0.2) is 52.8 Å². The SMILES string of the molecule is CN1C(=O)CCc2cc(-c3ccc(OCF)cc3-c3nc(N(C(=O)[C@@H](CC(=O)O)CC4CCCC4)C4CC4)sc3F)cnc21. The number of aryl methyl sites for hydroxylation is 1. The minimum absolute atomic E-state index is 0.0154. The van der Waals surface area contributed by atoms with Crippen LogP contribution in [0.3, 0.4) is 0 Å². The molecule has 1 aliphatic heterocycles. The molecule has 3 aromatic rings. The van der Waals surface area contributed by atoms with Gasteiger partial charge in [0.1, 0.15) is 17.3 Å². The summed E-state index contributed by atoms with van der Waals surface area (Å²) in [6.45, 7) is -1.07. The molecular weight excluding hydrogens is 590 g/mol. The van der Waals surface area contributed by atoms with Gasteiger partial charge in [0.2, 0.25) is 23.8 Å². The number of aliphatic carboxylic acids is 1. The highest BCUT2D eigenvalue weighted by atomic mass is 32.1. The number of halogens is 2. The predicted octanol–water partition coefficient (Wildman–Crippen LogP) is 6.39. The average molecular weight is 625 g/mol. The first-order valence-electron chi connectivity index (χ1n) is 15.0. The van der Waals surface area contributed by atoms with E-state index in [0.29, 0.717) is 47.7 Å². The number of carbonyl (C=O) groups is 3. The molecule has 1 aromatic carbocycles. The Morgan fingerprint density at radius 2 is 1.93 bits per heavy atom. The van der Waals surface area contributed by atoms with Gasteiger partial charge in [0.05, 0.1) is 6.42 Å². The van der Waals surface area contributed by atoms with Crippen molar-refractivity contribution in [1.29, 1.82) is 0 Å². The highest BCUT2D eigenvalue weighted by Gasteiger charge is 2.41. The number of ether oxygens (including phenoxy) is 1. The Balaban J connectivity index is 1.38. The number of alkyl halides is 1. The highest BCUT2D eigenvalue weighted by Crippen LogP contribution is 2.43. The summed E-state index contributed by atoms with van der Waals surface area (Å²) in [6.07, 6.45) is 8.26. The van der Waals surface area contributed by atoms with Gasteiger partial charge >= 0.3 is 5.97 Å². The van der Waals surface area contributed by atoms with E-state index in [0.717, 1.165) is 55.4 Å². The van der Waals surface area contributed by atoms with Gasteiger partial charge in [-0.25, -0.2) is 14.4 Å². The molecule has 2 fully saturated rings. The molecule has 12 heteroatoms. The lowest BCUT2D eigenvalue weighted by atomic mass is 9.90. The number of carboxylic acids is 1. The maximum atomic E-state index is 15.9. The van der Waals surface area contributed by atoms with Gasteiger partial charge in [-0.05, 0) is 67.0 Å². The van der Waals surface area contributed by atoms with Gasteiger partial charge in [0, 0.05) is 42.8 Å². The molecule has 3 heterocycles. The number of benzene rings is 1. The van der Waals surface area contributed by atoms with Crippen molar-refractivity contribution in [3.63, 3.8) is 0 Å². The largest absolute Gasteiger partial charge is 0.481 e. The lowest BCUT2D eigenvalue weighted by Crippen LogP contribution is -2.39. The fourth-order valence-electron chi connectivity index (χ4n) is 6.44. The van der Waals surface area contributed by atoms with Gasteiger partial charge in [-0.15, -0.1) is 0 Å². The Morgan fingerprint density at radius 3 is 2.64 bits per heavy atom. The first-order chi connectivity index (χ1) is 21.2. The van der Waals surface area contributed by atoms with Gasteiger partial charge in [0.25, 0.3) is 0 Å². The maximum Gasteiger partial charge on any atom is 0.304 e. The van der Waals surface area contributed by atoms with Crippen LogP contribution >= 0.6 is 11.3 Å². The molecule has 9 nitrogen and oxygen atoms in total. The summed E-state index contributed by atoms with van der Waals surface area (Å²) >= 11 is 0.745. The molecule has 1 N–H and O–H groups in total. The molecule has 2 saturated carbocycles. The van der Waals surface area contributed by atoms with Crippen molar-refractivity contribution < 1.29 is 33.0 Å². The molecule has 2 amide bonds. The molecule has 0 spiro atoms. The smallest absolute Gasteiger partial charge is 0.304 e. The number of rotatable bonds is 11. The summed E-state index contributed by atoms with van der Waals surface area (Å²) in [5.41, 5.74) is 2.44.